The van der Waals surface area contributed by atoms with E-state index in [1.807, 2.05) is 36.6 Å². The van der Waals surface area contributed by atoms with Crippen LogP contribution in [0.4, 0.5) is 4.79 Å². The maximum absolute atomic E-state index is 15.0. The van der Waals surface area contributed by atoms with Crippen molar-refractivity contribution in [3.63, 3.8) is 0 Å². The van der Waals surface area contributed by atoms with Gasteiger partial charge in [0.05, 0.1) is 35.4 Å². The molecular weight excluding hydrogens is 705 g/mol. The van der Waals surface area contributed by atoms with Gasteiger partial charge in [-0.25, -0.2) is 17.9 Å². The van der Waals surface area contributed by atoms with Gasteiger partial charge in [-0.2, -0.15) is 0 Å². The molecule has 288 valence electrons. The number of aromatic nitrogens is 1. The van der Waals surface area contributed by atoms with Crippen molar-refractivity contribution in [3.8, 4) is 5.75 Å². The molecule has 2 saturated carbocycles. The van der Waals surface area contributed by atoms with Gasteiger partial charge in [0.2, 0.25) is 15.9 Å². The Bertz CT molecular complexity index is 2150. The number of likely N-dealkylation sites (tertiary alicyclic amines) is 2. The number of hydrogen-bond acceptors (Lipinski definition) is 7. The zero-order chi connectivity index (χ0) is 37.7. The van der Waals surface area contributed by atoms with E-state index in [4.69, 9.17) is 9.47 Å². The maximum atomic E-state index is 15.0. The zero-order valence-electron chi connectivity index (χ0n) is 31.9. The minimum Gasteiger partial charge on any atom is -0.496 e. The highest BCUT2D eigenvalue weighted by atomic mass is 32.2. The predicted molar refractivity (Wildman–Crippen MR) is 204 cm³/mol. The van der Waals surface area contributed by atoms with Crippen molar-refractivity contribution in [1.29, 1.82) is 0 Å². The summed E-state index contributed by atoms with van der Waals surface area (Å²) in [6.07, 6.45) is 13.1. The van der Waals surface area contributed by atoms with Crippen molar-refractivity contribution in [1.82, 2.24) is 19.1 Å². The lowest BCUT2D eigenvalue weighted by molar-refractivity contribution is -0.135. The number of amides is 3. The topological polar surface area (TPSA) is 127 Å². The van der Waals surface area contributed by atoms with Gasteiger partial charge in [-0.1, -0.05) is 37.5 Å². The molecule has 3 aliphatic heterocycles. The molecule has 12 heteroatoms. The number of allylic oxidation sites excluding steroid dienone is 4. The normalized spacial score (nSPS) is 26.9. The largest absolute Gasteiger partial charge is 0.496 e. The molecule has 4 fully saturated rings. The molecule has 0 radical (unpaired) electrons. The fraction of sp³-hybridized carbons (Fsp3) is 0.595. The Labute approximate surface area is 317 Å². The monoisotopic (exact) mass is 756 g/mol. The Hall–Kier alpha value is -4.06. The number of benzene rings is 1. The second kappa shape index (κ2) is 13.0. The number of methoxy groups -OCH3 is 1. The standard InChI is InChI=1S/C42H52N4O7S/c1-42(2,3)53-41(49)45-19-9-12-25-21-44(23-33(25)45)40(48)29-14-8-13-28-35(29)32-20-30-34(52-4)18-17-27(24-10-6-5-7-11-24)38(30)46(32)22-31-36(28)37(31)39(47)43-54(50,51)26-15-16-26/h8,13,17-18,20,24-26,29,33,35H,5-7,9-12,14-16,19,21-23H2,1-4H3,(H,43,47)/t25?,29-,33?,35?/m1/s1. The van der Waals surface area contributed by atoms with Crippen LogP contribution in [0.15, 0.2) is 52.6 Å². The summed E-state index contributed by atoms with van der Waals surface area (Å²) >= 11 is 0. The van der Waals surface area contributed by atoms with E-state index in [-0.39, 0.29) is 29.9 Å². The molecule has 4 atom stereocenters. The molecule has 1 N–H and O–H groups in total. The van der Waals surface area contributed by atoms with Crippen LogP contribution in [-0.2, 0) is 30.9 Å². The average Bonchev–Trinajstić information content (AvgIpc) is 4.05. The summed E-state index contributed by atoms with van der Waals surface area (Å²) in [6.45, 7) is 7.70. The van der Waals surface area contributed by atoms with Crippen LogP contribution in [0.2, 0.25) is 0 Å². The van der Waals surface area contributed by atoms with Crippen molar-refractivity contribution >= 4 is 38.8 Å². The first-order valence-electron chi connectivity index (χ1n) is 20.0. The van der Waals surface area contributed by atoms with Crippen LogP contribution in [0.3, 0.4) is 0 Å². The lowest BCUT2D eigenvalue weighted by Crippen LogP contribution is -2.50. The fourth-order valence-electron chi connectivity index (χ4n) is 10.3. The first-order valence-corrected chi connectivity index (χ1v) is 21.6. The van der Waals surface area contributed by atoms with Crippen molar-refractivity contribution in [2.24, 2.45) is 11.8 Å². The third kappa shape index (κ3) is 6.07. The van der Waals surface area contributed by atoms with E-state index < -0.39 is 32.7 Å². The second-order valence-corrected chi connectivity index (χ2v) is 19.5. The van der Waals surface area contributed by atoms with E-state index in [0.717, 1.165) is 64.7 Å². The van der Waals surface area contributed by atoms with E-state index in [1.165, 1.54) is 24.8 Å². The number of carbonyl (C=O) groups is 3. The van der Waals surface area contributed by atoms with Gasteiger partial charge >= 0.3 is 6.09 Å². The van der Waals surface area contributed by atoms with Gasteiger partial charge in [-0.15, -0.1) is 0 Å². The van der Waals surface area contributed by atoms with Crippen molar-refractivity contribution in [2.45, 2.75) is 120 Å². The average molecular weight is 757 g/mol. The first kappa shape index (κ1) is 35.6. The Morgan fingerprint density at radius 3 is 2.46 bits per heavy atom. The van der Waals surface area contributed by atoms with E-state index in [0.29, 0.717) is 56.9 Å². The van der Waals surface area contributed by atoms with Gasteiger partial charge in [-0.05, 0) is 112 Å². The molecule has 0 bridgehead atoms. The van der Waals surface area contributed by atoms with Crippen molar-refractivity contribution in [3.05, 3.63) is 63.9 Å². The Kier molecular flexibility index (Phi) is 8.59. The number of sulfonamides is 1. The Morgan fingerprint density at radius 1 is 0.963 bits per heavy atom. The number of piperidine rings is 1. The van der Waals surface area contributed by atoms with E-state index in [2.05, 4.69) is 33.6 Å². The van der Waals surface area contributed by atoms with Gasteiger partial charge in [0, 0.05) is 43.2 Å². The number of rotatable bonds is 6. The van der Waals surface area contributed by atoms with Crippen LogP contribution in [0.5, 0.6) is 5.75 Å². The number of carbonyl (C=O) groups excluding carboxylic acids is 3. The zero-order valence-corrected chi connectivity index (χ0v) is 32.7. The summed E-state index contributed by atoms with van der Waals surface area (Å²) in [6, 6.07) is 6.38. The molecular formula is C42H52N4O7S. The van der Waals surface area contributed by atoms with Crippen LogP contribution in [0, 0.1) is 11.8 Å². The quantitative estimate of drug-likeness (QED) is 0.360. The summed E-state index contributed by atoms with van der Waals surface area (Å²) < 4.78 is 42.4. The first-order chi connectivity index (χ1) is 25.8. The lowest BCUT2D eigenvalue weighted by atomic mass is 9.76. The summed E-state index contributed by atoms with van der Waals surface area (Å²) in [4.78, 5) is 46.0. The van der Waals surface area contributed by atoms with Crippen molar-refractivity contribution in [2.75, 3.05) is 26.7 Å². The summed E-state index contributed by atoms with van der Waals surface area (Å²) in [5.41, 5.74) is 5.73. The molecule has 4 aliphatic carbocycles. The molecule has 1 aromatic carbocycles. The SMILES string of the molecule is COc1ccc(C2CCCCC2)c2c1cc1n2CC2=C(C(=O)NS(=O)(=O)C3CC3)C2=C2C=CC[C@@H](C(=O)N3CC4CCCN(C(=O)OC(C)(C)C)C4C3)C21. The van der Waals surface area contributed by atoms with Crippen LogP contribution in [0.25, 0.3) is 10.9 Å². The minimum atomic E-state index is -3.75. The summed E-state index contributed by atoms with van der Waals surface area (Å²) in [7, 11) is -2.06. The van der Waals surface area contributed by atoms with Crippen LogP contribution in [0.1, 0.15) is 108 Å². The molecule has 54 heavy (non-hydrogen) atoms. The van der Waals surface area contributed by atoms with Gasteiger partial charge < -0.3 is 23.8 Å². The van der Waals surface area contributed by atoms with Crippen LogP contribution in [-0.4, -0.2) is 84.3 Å². The summed E-state index contributed by atoms with van der Waals surface area (Å²) in [5.74, 6) is 0.00949. The lowest BCUT2D eigenvalue weighted by Gasteiger charge is -2.37. The third-order valence-electron chi connectivity index (χ3n) is 12.9. The molecule has 2 aromatic rings. The maximum Gasteiger partial charge on any atom is 0.410 e. The predicted octanol–water partition coefficient (Wildman–Crippen LogP) is 6.44. The van der Waals surface area contributed by atoms with Gasteiger partial charge in [0.15, 0.2) is 0 Å². The Balaban J connectivity index is 1.12. The molecule has 9 rings (SSSR count). The number of ether oxygens (including phenoxy) is 2. The number of nitrogens with zero attached hydrogens (tertiary/aromatic N) is 3. The van der Waals surface area contributed by atoms with E-state index in [9.17, 15) is 18.0 Å². The molecule has 11 nitrogen and oxygen atoms in total. The van der Waals surface area contributed by atoms with Crippen molar-refractivity contribution < 1.29 is 32.3 Å². The van der Waals surface area contributed by atoms with Crippen LogP contribution >= 0.6 is 0 Å². The van der Waals surface area contributed by atoms with E-state index in [1.54, 1.807) is 7.11 Å². The highest BCUT2D eigenvalue weighted by molar-refractivity contribution is 7.91. The highest BCUT2D eigenvalue weighted by Crippen LogP contribution is 2.55. The van der Waals surface area contributed by atoms with Gasteiger partial charge in [0.25, 0.3) is 5.91 Å². The van der Waals surface area contributed by atoms with E-state index >= 15 is 4.79 Å². The molecule has 7 aliphatic rings. The molecule has 1 aromatic heterocycles. The molecule has 2 saturated heterocycles. The molecule has 3 amide bonds. The number of nitrogens with one attached hydrogen (secondary N) is 1. The highest BCUT2D eigenvalue weighted by Gasteiger charge is 2.51. The molecule has 3 unspecified atom stereocenters. The smallest absolute Gasteiger partial charge is 0.410 e. The minimum absolute atomic E-state index is 0.0451. The number of hydrogen-bond donors (Lipinski definition) is 1. The second-order valence-electron chi connectivity index (χ2n) is 17.6. The molecule has 0 spiro atoms. The fourth-order valence-corrected chi connectivity index (χ4v) is 11.6. The van der Waals surface area contributed by atoms with Crippen LogP contribution < -0.4 is 9.46 Å². The molecule has 4 heterocycles. The van der Waals surface area contributed by atoms with Gasteiger partial charge in [-0.3, -0.25) is 9.59 Å². The number of fused-ring (bicyclic) bond motifs is 7. The van der Waals surface area contributed by atoms with Gasteiger partial charge in [0.1, 0.15) is 11.4 Å². The summed E-state index contributed by atoms with van der Waals surface area (Å²) in [5, 5.41) is 0.487. The third-order valence-corrected chi connectivity index (χ3v) is 14.8. The Morgan fingerprint density at radius 2 is 1.74 bits per heavy atom.